The number of aryl methyl sites for hydroxylation is 2. The molecule has 198 valence electrons. The molecule has 2 aliphatic rings. The van der Waals surface area contributed by atoms with E-state index in [4.69, 9.17) is 9.47 Å². The van der Waals surface area contributed by atoms with Gasteiger partial charge in [-0.1, -0.05) is 58.9 Å². The molecule has 0 radical (unpaired) electrons. The van der Waals surface area contributed by atoms with Crippen molar-refractivity contribution >= 4 is 0 Å². The van der Waals surface area contributed by atoms with Crippen LogP contribution in [0.4, 0.5) is 17.6 Å². The van der Waals surface area contributed by atoms with Gasteiger partial charge in [0.2, 0.25) is 0 Å². The molecule has 2 heterocycles. The van der Waals surface area contributed by atoms with Crippen LogP contribution in [0.2, 0.25) is 0 Å². The van der Waals surface area contributed by atoms with Crippen molar-refractivity contribution in [2.24, 2.45) is 29.6 Å². The van der Waals surface area contributed by atoms with Crippen molar-refractivity contribution < 1.29 is 27.0 Å². The molecule has 1 fully saturated rings. The summed E-state index contributed by atoms with van der Waals surface area (Å²) >= 11 is 0. The van der Waals surface area contributed by atoms with Gasteiger partial charge in [0.15, 0.2) is 11.6 Å². The zero-order valence-corrected chi connectivity index (χ0v) is 22.1. The monoisotopic (exact) mass is 506 g/mol. The lowest BCUT2D eigenvalue weighted by Crippen LogP contribution is -2.49. The summed E-state index contributed by atoms with van der Waals surface area (Å²) in [5, 5.41) is 0. The van der Waals surface area contributed by atoms with E-state index in [-0.39, 0.29) is 54.4 Å². The summed E-state index contributed by atoms with van der Waals surface area (Å²) < 4.78 is 71.5. The standard InChI is InChI=1S/C30H38F4O2/c1-15(2)25(31)29-19(6)18(5)23(13-35-29)26(32)16(3)7-9-20-10-12-21-22-11-8-17(4)27(33)30(22)36-14-24(21)28(20)34/h8,10-12,15-16,18-19,23,25-26,29H,7,9,13-14H2,1-6H3. The second-order valence-electron chi connectivity index (χ2n) is 11.3. The molecule has 7 atom stereocenters. The smallest absolute Gasteiger partial charge is 0.168 e. The van der Waals surface area contributed by atoms with E-state index in [2.05, 4.69) is 0 Å². The van der Waals surface area contributed by atoms with Crippen LogP contribution in [0.1, 0.15) is 57.7 Å². The van der Waals surface area contributed by atoms with Gasteiger partial charge in [-0.3, -0.25) is 0 Å². The lowest BCUT2D eigenvalue weighted by atomic mass is 9.72. The lowest BCUT2D eigenvalue weighted by Gasteiger charge is -2.44. The highest BCUT2D eigenvalue weighted by atomic mass is 19.1. The number of fused-ring (bicyclic) bond motifs is 3. The van der Waals surface area contributed by atoms with E-state index in [1.807, 2.05) is 40.7 Å². The van der Waals surface area contributed by atoms with Crippen LogP contribution in [0.15, 0.2) is 24.3 Å². The minimum Gasteiger partial charge on any atom is -0.485 e. The van der Waals surface area contributed by atoms with E-state index < -0.39 is 24.3 Å². The minimum atomic E-state index is -1.12. The van der Waals surface area contributed by atoms with E-state index >= 15 is 8.78 Å². The molecule has 2 aromatic rings. The third kappa shape index (κ3) is 4.90. The number of rotatable bonds is 7. The molecule has 36 heavy (non-hydrogen) atoms. The summed E-state index contributed by atoms with van der Waals surface area (Å²) in [6.07, 6.45) is -1.84. The number of alkyl halides is 2. The number of benzene rings is 2. The van der Waals surface area contributed by atoms with Crippen LogP contribution in [-0.4, -0.2) is 25.1 Å². The molecule has 0 bridgehead atoms. The predicted molar refractivity (Wildman–Crippen MR) is 135 cm³/mol. The molecule has 4 rings (SSSR count). The normalized spacial score (nSPS) is 26.1. The highest BCUT2D eigenvalue weighted by Crippen LogP contribution is 2.43. The van der Waals surface area contributed by atoms with E-state index in [1.165, 1.54) is 0 Å². The summed E-state index contributed by atoms with van der Waals surface area (Å²) in [4.78, 5) is 0. The van der Waals surface area contributed by atoms with Crippen LogP contribution < -0.4 is 4.74 Å². The molecule has 0 spiro atoms. The van der Waals surface area contributed by atoms with Gasteiger partial charge in [0.1, 0.15) is 24.8 Å². The maximum Gasteiger partial charge on any atom is 0.168 e. The largest absolute Gasteiger partial charge is 0.485 e. The third-order valence-corrected chi connectivity index (χ3v) is 8.54. The van der Waals surface area contributed by atoms with Crippen molar-refractivity contribution in [2.75, 3.05) is 6.61 Å². The van der Waals surface area contributed by atoms with Crippen LogP contribution in [0.5, 0.6) is 5.75 Å². The highest BCUT2D eigenvalue weighted by Gasteiger charge is 2.44. The van der Waals surface area contributed by atoms with Gasteiger partial charge in [-0.25, -0.2) is 17.6 Å². The molecule has 0 aromatic heterocycles. The van der Waals surface area contributed by atoms with Gasteiger partial charge < -0.3 is 9.47 Å². The number of ether oxygens (including phenoxy) is 2. The average molecular weight is 507 g/mol. The summed E-state index contributed by atoms with van der Waals surface area (Å²) in [5.74, 6) is -1.48. The Morgan fingerprint density at radius 3 is 2.31 bits per heavy atom. The van der Waals surface area contributed by atoms with Gasteiger partial charge in [-0.2, -0.15) is 0 Å². The molecular weight excluding hydrogens is 468 g/mol. The molecule has 0 saturated carbocycles. The first-order valence-electron chi connectivity index (χ1n) is 13.1. The van der Waals surface area contributed by atoms with Gasteiger partial charge in [0, 0.05) is 17.0 Å². The topological polar surface area (TPSA) is 18.5 Å². The van der Waals surface area contributed by atoms with Crippen molar-refractivity contribution in [3.05, 3.63) is 52.6 Å². The fourth-order valence-corrected chi connectivity index (χ4v) is 5.73. The Morgan fingerprint density at radius 2 is 1.61 bits per heavy atom. The molecule has 7 unspecified atom stereocenters. The highest BCUT2D eigenvalue weighted by molar-refractivity contribution is 5.76. The van der Waals surface area contributed by atoms with Crippen molar-refractivity contribution in [1.82, 2.24) is 0 Å². The van der Waals surface area contributed by atoms with Gasteiger partial charge in [-0.15, -0.1) is 0 Å². The number of halogens is 4. The Morgan fingerprint density at radius 1 is 0.917 bits per heavy atom. The van der Waals surface area contributed by atoms with Crippen molar-refractivity contribution in [3.8, 4) is 16.9 Å². The van der Waals surface area contributed by atoms with Gasteiger partial charge in [0.25, 0.3) is 0 Å². The molecule has 0 amide bonds. The van der Waals surface area contributed by atoms with E-state index in [0.29, 0.717) is 40.7 Å². The quantitative estimate of drug-likeness (QED) is 0.354. The first-order chi connectivity index (χ1) is 17.0. The maximum atomic E-state index is 15.6. The lowest BCUT2D eigenvalue weighted by molar-refractivity contribution is -0.140. The van der Waals surface area contributed by atoms with E-state index in [9.17, 15) is 8.78 Å². The summed E-state index contributed by atoms with van der Waals surface area (Å²) in [6.45, 7) is 11.3. The van der Waals surface area contributed by atoms with Gasteiger partial charge in [-0.05, 0) is 60.1 Å². The van der Waals surface area contributed by atoms with E-state index in [1.54, 1.807) is 25.1 Å². The van der Waals surface area contributed by atoms with Crippen LogP contribution in [0.25, 0.3) is 11.1 Å². The molecular formula is C30H38F4O2. The van der Waals surface area contributed by atoms with Crippen LogP contribution >= 0.6 is 0 Å². The number of hydrogen-bond donors (Lipinski definition) is 0. The van der Waals surface area contributed by atoms with Crippen LogP contribution in [0, 0.1) is 48.1 Å². The van der Waals surface area contributed by atoms with Crippen LogP contribution in [0.3, 0.4) is 0 Å². The Hall–Kier alpha value is -2.08. The molecule has 2 nitrogen and oxygen atoms in total. The Kier molecular flexibility index (Phi) is 8.04. The molecule has 0 aliphatic carbocycles. The molecule has 1 saturated heterocycles. The Bertz CT molecular complexity index is 1090. The fourth-order valence-electron chi connectivity index (χ4n) is 5.73. The van der Waals surface area contributed by atoms with Crippen LogP contribution in [-0.2, 0) is 17.8 Å². The second-order valence-corrected chi connectivity index (χ2v) is 11.3. The first-order valence-corrected chi connectivity index (χ1v) is 13.1. The van der Waals surface area contributed by atoms with Crippen molar-refractivity contribution in [1.29, 1.82) is 0 Å². The first kappa shape index (κ1) is 27.0. The second kappa shape index (κ2) is 10.7. The van der Waals surface area contributed by atoms with Crippen molar-refractivity contribution in [3.63, 3.8) is 0 Å². The molecule has 6 heteroatoms. The average Bonchev–Trinajstić information content (AvgIpc) is 2.86. The SMILES string of the molecule is Cc1ccc2c(c1F)OCc1c-2ccc(CCC(C)C(F)C2COC(C(F)C(C)C)C(C)C2C)c1F. The third-order valence-electron chi connectivity index (χ3n) is 8.54. The molecule has 2 aliphatic heterocycles. The van der Waals surface area contributed by atoms with Crippen molar-refractivity contribution in [2.45, 2.75) is 79.4 Å². The zero-order valence-electron chi connectivity index (χ0n) is 22.1. The Balaban J connectivity index is 1.43. The minimum absolute atomic E-state index is 0.0140. The predicted octanol–water partition coefficient (Wildman–Crippen LogP) is 8.02. The van der Waals surface area contributed by atoms with Gasteiger partial charge >= 0.3 is 0 Å². The van der Waals surface area contributed by atoms with E-state index in [0.717, 1.165) is 0 Å². The maximum absolute atomic E-state index is 15.6. The Labute approximate surface area is 212 Å². The number of hydrogen-bond acceptors (Lipinski definition) is 2. The zero-order chi connectivity index (χ0) is 26.3. The van der Waals surface area contributed by atoms with Gasteiger partial charge in [0.05, 0.1) is 12.7 Å². The molecule has 0 N–H and O–H groups in total. The summed E-state index contributed by atoms with van der Waals surface area (Å²) in [5.41, 5.74) is 2.58. The molecule has 2 aromatic carbocycles. The summed E-state index contributed by atoms with van der Waals surface area (Å²) in [6, 6.07) is 6.94. The summed E-state index contributed by atoms with van der Waals surface area (Å²) in [7, 11) is 0. The fraction of sp³-hybridized carbons (Fsp3) is 0.600.